The number of para-hydroxylation sites is 2. The van der Waals surface area contributed by atoms with Gasteiger partial charge in [-0.25, -0.2) is 14.8 Å². The molecule has 0 atom stereocenters. The Morgan fingerprint density at radius 1 is 0.926 bits per heavy atom. The number of carboxylic acid groups (broad SMARTS) is 1. The molecule has 1 heterocycles. The first kappa shape index (κ1) is 16.7. The number of benzene rings is 3. The molecule has 0 amide bonds. The number of nitrogens with zero attached hydrogens (tertiary/aromatic N) is 2. The van der Waals surface area contributed by atoms with Crippen LogP contribution in [-0.2, 0) is 0 Å². The first-order valence-electron chi connectivity index (χ1n) is 8.55. The molecule has 0 aliphatic carbocycles. The van der Waals surface area contributed by atoms with Crippen LogP contribution in [0.5, 0.6) is 0 Å². The van der Waals surface area contributed by atoms with Gasteiger partial charge in [-0.1, -0.05) is 48.0 Å². The molecule has 0 bridgehead atoms. The summed E-state index contributed by atoms with van der Waals surface area (Å²) in [5, 5.41) is 13.5. The van der Waals surface area contributed by atoms with Gasteiger partial charge in [0.2, 0.25) is 0 Å². The van der Waals surface area contributed by atoms with Crippen LogP contribution in [0.1, 0.15) is 15.9 Å². The quantitative estimate of drug-likeness (QED) is 0.536. The van der Waals surface area contributed by atoms with Crippen LogP contribution in [-0.4, -0.2) is 21.0 Å². The maximum atomic E-state index is 11.5. The number of aryl methyl sites for hydroxylation is 1. The average molecular weight is 355 g/mol. The van der Waals surface area contributed by atoms with Crippen LogP contribution < -0.4 is 5.32 Å². The number of anilines is 2. The topological polar surface area (TPSA) is 75.1 Å². The van der Waals surface area contributed by atoms with E-state index in [0.717, 1.165) is 22.0 Å². The summed E-state index contributed by atoms with van der Waals surface area (Å²) in [7, 11) is 0. The molecule has 132 valence electrons. The number of aromatic nitrogens is 2. The van der Waals surface area contributed by atoms with E-state index in [1.807, 2.05) is 55.5 Å². The highest BCUT2D eigenvalue weighted by Gasteiger charge is 2.13. The Balaban J connectivity index is 1.88. The largest absolute Gasteiger partial charge is 0.478 e. The van der Waals surface area contributed by atoms with E-state index < -0.39 is 5.97 Å². The van der Waals surface area contributed by atoms with E-state index in [-0.39, 0.29) is 5.56 Å². The minimum Gasteiger partial charge on any atom is -0.478 e. The van der Waals surface area contributed by atoms with E-state index in [0.29, 0.717) is 17.3 Å². The molecule has 2 N–H and O–H groups in total. The summed E-state index contributed by atoms with van der Waals surface area (Å²) >= 11 is 0. The van der Waals surface area contributed by atoms with Gasteiger partial charge >= 0.3 is 5.97 Å². The van der Waals surface area contributed by atoms with Crippen LogP contribution in [0.4, 0.5) is 11.5 Å². The Hall–Kier alpha value is -3.73. The van der Waals surface area contributed by atoms with Crippen LogP contribution in [0, 0.1) is 6.92 Å². The lowest BCUT2D eigenvalue weighted by Gasteiger charge is -2.13. The number of carbonyl (C=O) groups is 1. The summed E-state index contributed by atoms with van der Waals surface area (Å²) in [6, 6.07) is 22.4. The number of nitrogens with one attached hydrogen (secondary N) is 1. The number of fused-ring (bicyclic) bond motifs is 1. The van der Waals surface area contributed by atoms with Crippen molar-refractivity contribution in [3.05, 3.63) is 83.9 Å². The van der Waals surface area contributed by atoms with Crippen LogP contribution in [0.3, 0.4) is 0 Å². The molecule has 27 heavy (non-hydrogen) atoms. The predicted molar refractivity (Wildman–Crippen MR) is 106 cm³/mol. The van der Waals surface area contributed by atoms with Crippen molar-refractivity contribution in [3.63, 3.8) is 0 Å². The Bertz CT molecular complexity index is 1160. The summed E-state index contributed by atoms with van der Waals surface area (Å²) in [5.41, 5.74) is 3.51. The minimum atomic E-state index is -0.990. The van der Waals surface area contributed by atoms with Crippen molar-refractivity contribution in [2.45, 2.75) is 6.92 Å². The van der Waals surface area contributed by atoms with Crippen molar-refractivity contribution in [2.75, 3.05) is 5.32 Å². The fraction of sp³-hybridized carbons (Fsp3) is 0.0455. The molecule has 0 saturated heterocycles. The van der Waals surface area contributed by atoms with Gasteiger partial charge in [-0.2, -0.15) is 0 Å². The maximum Gasteiger partial charge on any atom is 0.337 e. The molecule has 5 nitrogen and oxygen atoms in total. The number of rotatable bonds is 4. The van der Waals surface area contributed by atoms with E-state index in [9.17, 15) is 9.90 Å². The Morgan fingerprint density at radius 2 is 1.70 bits per heavy atom. The van der Waals surface area contributed by atoms with Gasteiger partial charge in [0.15, 0.2) is 5.82 Å². The SMILES string of the molecule is Cc1cccc(-c2nc(Nc3ccccc3C(=O)O)c3ccccc3n2)c1. The first-order chi connectivity index (χ1) is 13.1. The van der Waals surface area contributed by atoms with Crippen LogP contribution in [0.25, 0.3) is 22.3 Å². The molecule has 3 aromatic carbocycles. The molecule has 0 radical (unpaired) electrons. The lowest BCUT2D eigenvalue weighted by atomic mass is 10.1. The standard InChI is InChI=1S/C22H17N3O2/c1-14-7-6-8-15(13-14)20-23-18-11-4-2-9-16(18)21(25-20)24-19-12-5-3-10-17(19)22(26)27/h2-13H,1H3,(H,26,27)(H,23,24,25). The molecule has 1 aromatic heterocycles. The van der Waals surface area contributed by atoms with Crippen molar-refractivity contribution < 1.29 is 9.90 Å². The molecular weight excluding hydrogens is 338 g/mol. The molecule has 0 aliphatic rings. The summed E-state index contributed by atoms with van der Waals surface area (Å²) in [6.45, 7) is 2.02. The second-order valence-electron chi connectivity index (χ2n) is 6.26. The zero-order valence-corrected chi connectivity index (χ0v) is 14.7. The first-order valence-corrected chi connectivity index (χ1v) is 8.55. The summed E-state index contributed by atoms with van der Waals surface area (Å²) < 4.78 is 0. The highest BCUT2D eigenvalue weighted by atomic mass is 16.4. The zero-order chi connectivity index (χ0) is 18.8. The molecule has 0 unspecified atom stereocenters. The number of hydrogen-bond donors (Lipinski definition) is 2. The van der Waals surface area contributed by atoms with Gasteiger partial charge in [0.25, 0.3) is 0 Å². The van der Waals surface area contributed by atoms with Gasteiger partial charge in [-0.05, 0) is 37.3 Å². The lowest BCUT2D eigenvalue weighted by Crippen LogP contribution is -2.05. The third kappa shape index (κ3) is 3.35. The summed E-state index contributed by atoms with van der Waals surface area (Å²) in [6.07, 6.45) is 0. The molecule has 4 rings (SSSR count). The predicted octanol–water partition coefficient (Wildman–Crippen LogP) is 5.05. The number of aromatic carboxylic acids is 1. The van der Waals surface area contributed by atoms with Crippen molar-refractivity contribution in [2.24, 2.45) is 0 Å². The Labute approximate surface area is 156 Å². The molecule has 0 saturated carbocycles. The number of carboxylic acids is 1. The van der Waals surface area contributed by atoms with Crippen LogP contribution in [0.2, 0.25) is 0 Å². The third-order valence-corrected chi connectivity index (χ3v) is 4.29. The zero-order valence-electron chi connectivity index (χ0n) is 14.7. The molecule has 5 heteroatoms. The van der Waals surface area contributed by atoms with Crippen LogP contribution in [0.15, 0.2) is 72.8 Å². The van der Waals surface area contributed by atoms with E-state index in [4.69, 9.17) is 4.98 Å². The molecule has 4 aromatic rings. The number of hydrogen-bond acceptors (Lipinski definition) is 4. The smallest absolute Gasteiger partial charge is 0.337 e. The maximum absolute atomic E-state index is 11.5. The van der Waals surface area contributed by atoms with Crippen molar-refractivity contribution in [3.8, 4) is 11.4 Å². The van der Waals surface area contributed by atoms with E-state index in [1.54, 1.807) is 24.3 Å². The monoisotopic (exact) mass is 355 g/mol. The average Bonchev–Trinajstić information content (AvgIpc) is 2.68. The fourth-order valence-electron chi connectivity index (χ4n) is 2.99. The van der Waals surface area contributed by atoms with Crippen molar-refractivity contribution in [1.29, 1.82) is 0 Å². The highest BCUT2D eigenvalue weighted by molar-refractivity contribution is 5.98. The molecular formula is C22H17N3O2. The molecule has 0 aliphatic heterocycles. The molecule has 0 spiro atoms. The van der Waals surface area contributed by atoms with Crippen molar-refractivity contribution >= 4 is 28.4 Å². The molecule has 0 fully saturated rings. The van der Waals surface area contributed by atoms with E-state index in [2.05, 4.69) is 10.3 Å². The van der Waals surface area contributed by atoms with Gasteiger partial charge in [0, 0.05) is 10.9 Å². The Kier molecular flexibility index (Phi) is 4.26. The van der Waals surface area contributed by atoms with E-state index >= 15 is 0 Å². The van der Waals surface area contributed by atoms with Gasteiger partial charge in [-0.15, -0.1) is 0 Å². The highest BCUT2D eigenvalue weighted by Crippen LogP contribution is 2.28. The normalized spacial score (nSPS) is 10.7. The van der Waals surface area contributed by atoms with Crippen molar-refractivity contribution in [1.82, 2.24) is 9.97 Å². The Morgan fingerprint density at radius 3 is 2.52 bits per heavy atom. The second-order valence-corrected chi connectivity index (χ2v) is 6.26. The van der Waals surface area contributed by atoms with Gasteiger partial charge in [0.1, 0.15) is 5.82 Å². The summed E-state index contributed by atoms with van der Waals surface area (Å²) in [4.78, 5) is 20.9. The van der Waals surface area contributed by atoms with Gasteiger partial charge in [0.05, 0.1) is 16.8 Å². The second kappa shape index (κ2) is 6.88. The van der Waals surface area contributed by atoms with Gasteiger partial charge in [-0.3, -0.25) is 0 Å². The third-order valence-electron chi connectivity index (χ3n) is 4.29. The fourth-order valence-corrected chi connectivity index (χ4v) is 2.99. The summed E-state index contributed by atoms with van der Waals surface area (Å²) in [5.74, 6) is 0.175. The van der Waals surface area contributed by atoms with Gasteiger partial charge < -0.3 is 10.4 Å². The minimum absolute atomic E-state index is 0.192. The lowest BCUT2D eigenvalue weighted by molar-refractivity contribution is 0.0698. The van der Waals surface area contributed by atoms with Crippen LogP contribution >= 0.6 is 0 Å². The van der Waals surface area contributed by atoms with E-state index in [1.165, 1.54) is 0 Å².